The van der Waals surface area contributed by atoms with E-state index in [0.717, 1.165) is 0 Å². The minimum Gasteiger partial charge on any atom is -0.0985 e. The third-order valence-corrected chi connectivity index (χ3v) is 2.68. The zero-order chi connectivity index (χ0) is 9.84. The molecule has 1 aromatic carbocycles. The third kappa shape index (κ3) is 2.00. The molecule has 1 rings (SSSR count). The van der Waals surface area contributed by atoms with Crippen molar-refractivity contribution >= 4 is 6.08 Å². The van der Waals surface area contributed by atoms with Crippen molar-refractivity contribution in [2.45, 2.75) is 33.1 Å². The second-order valence-corrected chi connectivity index (χ2v) is 3.59. The van der Waals surface area contributed by atoms with Crippen LogP contribution < -0.4 is 0 Å². The normalized spacial score (nSPS) is 12.5. The van der Waals surface area contributed by atoms with Crippen molar-refractivity contribution < 1.29 is 0 Å². The fourth-order valence-corrected chi connectivity index (χ4v) is 1.76. The van der Waals surface area contributed by atoms with Gasteiger partial charge in [-0.3, -0.25) is 0 Å². The molecule has 0 saturated carbocycles. The van der Waals surface area contributed by atoms with Crippen molar-refractivity contribution in [3.8, 4) is 0 Å². The Hall–Kier alpha value is -1.04. The molecule has 70 valence electrons. The number of rotatable bonds is 3. The maximum absolute atomic E-state index is 3.85. The Morgan fingerprint density at radius 3 is 2.69 bits per heavy atom. The average molecular weight is 174 g/mol. The van der Waals surface area contributed by atoms with E-state index in [-0.39, 0.29) is 0 Å². The topological polar surface area (TPSA) is 0 Å². The van der Waals surface area contributed by atoms with Gasteiger partial charge in [0.2, 0.25) is 0 Å². The van der Waals surface area contributed by atoms with E-state index in [4.69, 9.17) is 0 Å². The summed E-state index contributed by atoms with van der Waals surface area (Å²) in [7, 11) is 0. The number of benzene rings is 1. The molecule has 0 bridgehead atoms. The Labute approximate surface area is 81.3 Å². The first-order valence-electron chi connectivity index (χ1n) is 4.92. The van der Waals surface area contributed by atoms with E-state index in [1.807, 2.05) is 6.08 Å². The zero-order valence-electron chi connectivity index (χ0n) is 8.80. The Kier molecular flexibility index (Phi) is 3.30. The van der Waals surface area contributed by atoms with Crippen LogP contribution >= 0.6 is 0 Å². The van der Waals surface area contributed by atoms with Gasteiger partial charge in [0, 0.05) is 0 Å². The van der Waals surface area contributed by atoms with Crippen molar-refractivity contribution in [1.29, 1.82) is 0 Å². The van der Waals surface area contributed by atoms with Crippen LogP contribution in [-0.2, 0) is 0 Å². The van der Waals surface area contributed by atoms with Crippen LogP contribution in [0.1, 0.15) is 42.9 Å². The molecule has 0 saturated heterocycles. The lowest BCUT2D eigenvalue weighted by molar-refractivity contribution is 0.727. The fraction of sp³-hybridized carbons (Fsp3) is 0.385. The minimum atomic E-state index is 0.634. The van der Waals surface area contributed by atoms with E-state index in [9.17, 15) is 0 Å². The van der Waals surface area contributed by atoms with Gasteiger partial charge < -0.3 is 0 Å². The summed E-state index contributed by atoms with van der Waals surface area (Å²) in [5.74, 6) is 0.634. The SMILES string of the molecule is C=Cc1cccc(C)c1C(C)CC. The zero-order valence-corrected chi connectivity index (χ0v) is 8.80. The Balaban J connectivity index is 3.22. The molecule has 0 aliphatic heterocycles. The third-order valence-electron chi connectivity index (χ3n) is 2.68. The van der Waals surface area contributed by atoms with Crippen molar-refractivity contribution in [3.05, 3.63) is 41.5 Å². The molecule has 0 aromatic heterocycles. The van der Waals surface area contributed by atoms with Gasteiger partial charge in [-0.2, -0.15) is 0 Å². The van der Waals surface area contributed by atoms with Crippen LogP contribution in [0.15, 0.2) is 24.8 Å². The first-order valence-corrected chi connectivity index (χ1v) is 4.92. The summed E-state index contributed by atoms with van der Waals surface area (Å²) < 4.78 is 0. The second kappa shape index (κ2) is 4.27. The molecule has 1 unspecified atom stereocenters. The fourth-order valence-electron chi connectivity index (χ4n) is 1.76. The largest absolute Gasteiger partial charge is 0.0985 e. The molecule has 0 N–H and O–H groups in total. The summed E-state index contributed by atoms with van der Waals surface area (Å²) in [6, 6.07) is 6.41. The van der Waals surface area contributed by atoms with Crippen LogP contribution in [-0.4, -0.2) is 0 Å². The van der Waals surface area contributed by atoms with Crippen LogP contribution in [0.3, 0.4) is 0 Å². The molecule has 1 atom stereocenters. The van der Waals surface area contributed by atoms with E-state index >= 15 is 0 Å². The molecule has 0 spiro atoms. The molecule has 0 fully saturated rings. The number of hydrogen-bond donors (Lipinski definition) is 0. The van der Waals surface area contributed by atoms with Gasteiger partial charge >= 0.3 is 0 Å². The smallest absolute Gasteiger partial charge is 0.0184 e. The molecule has 0 heteroatoms. The second-order valence-electron chi connectivity index (χ2n) is 3.59. The standard InChI is InChI=1S/C13H18/c1-5-10(3)13-11(4)8-7-9-12(13)6-2/h6-10H,2,5H2,1,3-4H3. The van der Waals surface area contributed by atoms with Gasteiger partial charge in [0.05, 0.1) is 0 Å². The molecular formula is C13H18. The summed E-state index contributed by atoms with van der Waals surface area (Å²) in [4.78, 5) is 0. The van der Waals surface area contributed by atoms with E-state index in [1.165, 1.54) is 23.1 Å². The van der Waals surface area contributed by atoms with Gasteiger partial charge in [0.25, 0.3) is 0 Å². The lowest BCUT2D eigenvalue weighted by atomic mass is 9.90. The van der Waals surface area contributed by atoms with Gasteiger partial charge in [-0.1, -0.05) is 44.7 Å². The van der Waals surface area contributed by atoms with Gasteiger partial charge in [-0.25, -0.2) is 0 Å². The van der Waals surface area contributed by atoms with Gasteiger partial charge in [-0.15, -0.1) is 0 Å². The molecule has 0 nitrogen and oxygen atoms in total. The van der Waals surface area contributed by atoms with Crippen LogP contribution in [0.2, 0.25) is 0 Å². The minimum absolute atomic E-state index is 0.634. The molecule has 0 amide bonds. The van der Waals surface area contributed by atoms with E-state index < -0.39 is 0 Å². The highest BCUT2D eigenvalue weighted by Crippen LogP contribution is 2.26. The van der Waals surface area contributed by atoms with Crippen molar-refractivity contribution in [2.24, 2.45) is 0 Å². The predicted molar refractivity (Wildman–Crippen MR) is 60.0 cm³/mol. The summed E-state index contributed by atoms with van der Waals surface area (Å²) in [5, 5.41) is 0. The lowest BCUT2D eigenvalue weighted by Gasteiger charge is -2.15. The van der Waals surface area contributed by atoms with Gasteiger partial charge in [0.15, 0.2) is 0 Å². The maximum Gasteiger partial charge on any atom is -0.0184 e. The quantitative estimate of drug-likeness (QED) is 0.645. The molecule has 0 aliphatic rings. The molecular weight excluding hydrogens is 156 g/mol. The molecule has 0 heterocycles. The predicted octanol–water partition coefficient (Wildman–Crippen LogP) is 4.15. The van der Waals surface area contributed by atoms with E-state index in [2.05, 4.69) is 45.5 Å². The molecule has 1 aromatic rings. The Morgan fingerprint density at radius 1 is 1.46 bits per heavy atom. The Morgan fingerprint density at radius 2 is 2.15 bits per heavy atom. The highest BCUT2D eigenvalue weighted by Gasteiger charge is 2.08. The van der Waals surface area contributed by atoms with E-state index in [1.54, 1.807) is 0 Å². The first-order chi connectivity index (χ1) is 6.20. The first kappa shape index (κ1) is 10.0. The summed E-state index contributed by atoms with van der Waals surface area (Å²) in [6.07, 6.45) is 3.14. The van der Waals surface area contributed by atoms with Crippen molar-refractivity contribution in [3.63, 3.8) is 0 Å². The number of hydrogen-bond acceptors (Lipinski definition) is 0. The van der Waals surface area contributed by atoms with Crippen molar-refractivity contribution in [2.75, 3.05) is 0 Å². The summed E-state index contributed by atoms with van der Waals surface area (Å²) in [5.41, 5.74) is 4.13. The van der Waals surface area contributed by atoms with E-state index in [0.29, 0.717) is 5.92 Å². The van der Waals surface area contributed by atoms with Crippen LogP contribution in [0.4, 0.5) is 0 Å². The van der Waals surface area contributed by atoms with Gasteiger partial charge in [-0.05, 0) is 36.0 Å². The summed E-state index contributed by atoms with van der Waals surface area (Å²) in [6.45, 7) is 10.5. The van der Waals surface area contributed by atoms with Crippen LogP contribution in [0.5, 0.6) is 0 Å². The molecule has 13 heavy (non-hydrogen) atoms. The van der Waals surface area contributed by atoms with Gasteiger partial charge in [0.1, 0.15) is 0 Å². The number of aryl methyl sites for hydroxylation is 1. The van der Waals surface area contributed by atoms with Crippen LogP contribution in [0.25, 0.3) is 6.08 Å². The lowest BCUT2D eigenvalue weighted by Crippen LogP contribution is -1.98. The molecule has 0 aliphatic carbocycles. The molecule has 0 radical (unpaired) electrons. The monoisotopic (exact) mass is 174 g/mol. The highest BCUT2D eigenvalue weighted by molar-refractivity contribution is 5.55. The Bertz CT molecular complexity index is 297. The highest BCUT2D eigenvalue weighted by atomic mass is 14.1. The van der Waals surface area contributed by atoms with Crippen molar-refractivity contribution in [1.82, 2.24) is 0 Å². The average Bonchev–Trinajstić information content (AvgIpc) is 2.16. The van der Waals surface area contributed by atoms with Crippen LogP contribution in [0, 0.1) is 6.92 Å². The summed E-state index contributed by atoms with van der Waals surface area (Å²) >= 11 is 0. The maximum atomic E-state index is 3.85.